The lowest BCUT2D eigenvalue weighted by atomic mass is 10.0. The Balaban J connectivity index is 1.73. The summed E-state index contributed by atoms with van der Waals surface area (Å²) in [6, 6.07) is 5.85. The van der Waals surface area contributed by atoms with Gasteiger partial charge in [-0.05, 0) is 29.7 Å². The lowest BCUT2D eigenvalue weighted by Gasteiger charge is -2.24. The normalized spacial score (nSPS) is 16.5. The summed E-state index contributed by atoms with van der Waals surface area (Å²) in [6.45, 7) is 3.22. The number of pyridine rings is 1. The Hall–Kier alpha value is -2.81. The number of carbonyl (C=O) groups is 1. The quantitative estimate of drug-likeness (QED) is 0.855. The molecule has 0 saturated heterocycles. The van der Waals surface area contributed by atoms with E-state index >= 15 is 0 Å². The zero-order valence-electron chi connectivity index (χ0n) is 13.7. The van der Waals surface area contributed by atoms with Crippen molar-refractivity contribution in [2.24, 2.45) is 0 Å². The maximum Gasteiger partial charge on any atom is 0.245 e. The van der Waals surface area contributed by atoms with Crippen LogP contribution in [0.3, 0.4) is 0 Å². The third kappa shape index (κ3) is 3.11. The molecular weight excluding hydrogens is 302 g/mol. The number of amides is 1. The zero-order valence-corrected chi connectivity index (χ0v) is 13.7. The molecule has 2 aromatic heterocycles. The SMILES string of the molecule is CCCN(CCC#N)C(=O)C1CC(c2ccnc3[nH]ccc23)=CN1. The van der Waals surface area contributed by atoms with Gasteiger partial charge < -0.3 is 15.2 Å². The molecule has 6 nitrogen and oxygen atoms in total. The van der Waals surface area contributed by atoms with E-state index in [-0.39, 0.29) is 11.9 Å². The monoisotopic (exact) mass is 323 g/mol. The van der Waals surface area contributed by atoms with Crippen LogP contribution >= 0.6 is 0 Å². The van der Waals surface area contributed by atoms with Crippen LogP contribution in [0.5, 0.6) is 0 Å². The van der Waals surface area contributed by atoms with Crippen LogP contribution in [0, 0.1) is 11.3 Å². The molecule has 6 heteroatoms. The van der Waals surface area contributed by atoms with E-state index in [4.69, 9.17) is 5.26 Å². The van der Waals surface area contributed by atoms with Crippen molar-refractivity contribution >= 4 is 22.5 Å². The van der Waals surface area contributed by atoms with E-state index in [0.717, 1.165) is 28.6 Å². The van der Waals surface area contributed by atoms with Gasteiger partial charge in [0.1, 0.15) is 11.7 Å². The van der Waals surface area contributed by atoms with Crippen molar-refractivity contribution in [1.82, 2.24) is 20.2 Å². The van der Waals surface area contributed by atoms with Crippen LogP contribution < -0.4 is 5.32 Å². The lowest BCUT2D eigenvalue weighted by Crippen LogP contribution is -2.44. The number of nitriles is 1. The minimum atomic E-state index is -0.257. The number of carbonyl (C=O) groups excluding carboxylic acids is 1. The molecular formula is C18H21N5O. The summed E-state index contributed by atoms with van der Waals surface area (Å²) < 4.78 is 0. The topological polar surface area (TPSA) is 84.8 Å². The molecule has 0 saturated carbocycles. The van der Waals surface area contributed by atoms with E-state index in [1.165, 1.54) is 0 Å². The van der Waals surface area contributed by atoms with Gasteiger partial charge in [0, 0.05) is 43.5 Å². The Morgan fingerprint density at radius 2 is 2.33 bits per heavy atom. The van der Waals surface area contributed by atoms with Crippen LogP contribution in [-0.4, -0.2) is 39.9 Å². The molecule has 0 spiro atoms. The van der Waals surface area contributed by atoms with Gasteiger partial charge in [0.05, 0.1) is 12.5 Å². The van der Waals surface area contributed by atoms with Gasteiger partial charge in [-0.2, -0.15) is 5.26 Å². The minimum Gasteiger partial charge on any atom is -0.379 e. The Morgan fingerprint density at radius 3 is 3.12 bits per heavy atom. The first-order valence-electron chi connectivity index (χ1n) is 8.28. The third-order valence-electron chi connectivity index (χ3n) is 4.29. The van der Waals surface area contributed by atoms with Crippen molar-refractivity contribution in [2.75, 3.05) is 13.1 Å². The molecule has 3 heterocycles. The third-order valence-corrected chi connectivity index (χ3v) is 4.29. The predicted octanol–water partition coefficient (Wildman–Crippen LogP) is 2.42. The van der Waals surface area contributed by atoms with E-state index in [1.807, 2.05) is 31.5 Å². The fourth-order valence-corrected chi connectivity index (χ4v) is 3.13. The van der Waals surface area contributed by atoms with E-state index < -0.39 is 0 Å². The number of aromatic amines is 1. The second-order valence-electron chi connectivity index (χ2n) is 5.92. The molecule has 1 aliphatic heterocycles. The highest BCUT2D eigenvalue weighted by Crippen LogP contribution is 2.29. The molecule has 1 unspecified atom stereocenters. The molecule has 0 radical (unpaired) electrons. The summed E-state index contributed by atoms with van der Waals surface area (Å²) in [5, 5.41) is 13.1. The van der Waals surface area contributed by atoms with Crippen molar-refractivity contribution < 1.29 is 4.79 Å². The fourth-order valence-electron chi connectivity index (χ4n) is 3.13. The molecule has 0 bridgehead atoms. The number of nitrogens with zero attached hydrogens (tertiary/aromatic N) is 3. The second-order valence-corrected chi connectivity index (χ2v) is 5.92. The highest BCUT2D eigenvalue weighted by molar-refractivity contribution is 5.93. The number of hydrogen-bond acceptors (Lipinski definition) is 4. The van der Waals surface area contributed by atoms with Gasteiger partial charge in [0.2, 0.25) is 5.91 Å². The molecule has 2 N–H and O–H groups in total. The highest BCUT2D eigenvalue weighted by Gasteiger charge is 2.28. The standard InChI is InChI=1S/C18H21N5O/c1-2-9-23(10-3-6-19)18(24)16-11-13(12-22-16)14-4-7-20-17-15(14)5-8-21-17/h4-5,7-8,12,16,22H,2-3,9-11H2,1H3,(H,20,21). The maximum absolute atomic E-state index is 12.7. The average molecular weight is 323 g/mol. The number of aromatic nitrogens is 2. The summed E-state index contributed by atoms with van der Waals surface area (Å²) in [4.78, 5) is 21.9. The van der Waals surface area contributed by atoms with E-state index in [9.17, 15) is 4.79 Å². The van der Waals surface area contributed by atoms with Crippen LogP contribution in [-0.2, 0) is 4.79 Å². The average Bonchev–Trinajstić information content (AvgIpc) is 3.26. The molecule has 1 amide bonds. The molecule has 2 aromatic rings. The first-order chi connectivity index (χ1) is 11.7. The molecule has 3 rings (SSSR count). The Bertz CT molecular complexity index is 801. The van der Waals surface area contributed by atoms with Crippen molar-refractivity contribution in [2.45, 2.75) is 32.2 Å². The molecule has 0 fully saturated rings. The van der Waals surface area contributed by atoms with Crippen molar-refractivity contribution in [3.8, 4) is 6.07 Å². The van der Waals surface area contributed by atoms with Crippen LogP contribution in [0.1, 0.15) is 31.7 Å². The van der Waals surface area contributed by atoms with E-state index in [1.54, 1.807) is 11.1 Å². The number of hydrogen-bond donors (Lipinski definition) is 2. The molecule has 1 atom stereocenters. The van der Waals surface area contributed by atoms with Crippen molar-refractivity contribution in [3.05, 3.63) is 36.3 Å². The summed E-state index contributed by atoms with van der Waals surface area (Å²) in [6.07, 6.45) is 7.48. The minimum absolute atomic E-state index is 0.0673. The van der Waals surface area contributed by atoms with Crippen LogP contribution in [0.4, 0.5) is 0 Å². The summed E-state index contributed by atoms with van der Waals surface area (Å²) >= 11 is 0. The highest BCUT2D eigenvalue weighted by atomic mass is 16.2. The van der Waals surface area contributed by atoms with Gasteiger partial charge >= 0.3 is 0 Å². The fraction of sp³-hybridized carbons (Fsp3) is 0.389. The molecule has 1 aliphatic rings. The number of H-pyrrole nitrogens is 1. The van der Waals surface area contributed by atoms with Gasteiger partial charge in [-0.3, -0.25) is 4.79 Å². The Morgan fingerprint density at radius 1 is 1.46 bits per heavy atom. The summed E-state index contributed by atoms with van der Waals surface area (Å²) in [5.41, 5.74) is 3.06. The predicted molar refractivity (Wildman–Crippen MR) is 92.7 cm³/mol. The molecule has 124 valence electrons. The van der Waals surface area contributed by atoms with Crippen LogP contribution in [0.15, 0.2) is 30.7 Å². The first kappa shape index (κ1) is 16.1. The largest absolute Gasteiger partial charge is 0.379 e. The zero-order chi connectivity index (χ0) is 16.9. The smallest absolute Gasteiger partial charge is 0.245 e. The van der Waals surface area contributed by atoms with Gasteiger partial charge in [-0.15, -0.1) is 0 Å². The van der Waals surface area contributed by atoms with Crippen molar-refractivity contribution in [3.63, 3.8) is 0 Å². The number of nitrogens with one attached hydrogen (secondary N) is 2. The maximum atomic E-state index is 12.7. The summed E-state index contributed by atoms with van der Waals surface area (Å²) in [7, 11) is 0. The second kappa shape index (κ2) is 7.18. The molecule has 0 aromatic carbocycles. The number of rotatable bonds is 6. The van der Waals surface area contributed by atoms with Crippen LogP contribution in [0.2, 0.25) is 0 Å². The lowest BCUT2D eigenvalue weighted by molar-refractivity contribution is -0.132. The summed E-state index contributed by atoms with van der Waals surface area (Å²) in [5.74, 6) is 0.0673. The Kier molecular flexibility index (Phi) is 4.80. The van der Waals surface area contributed by atoms with Crippen LogP contribution in [0.25, 0.3) is 16.6 Å². The van der Waals surface area contributed by atoms with Crippen molar-refractivity contribution in [1.29, 1.82) is 5.26 Å². The Labute approximate surface area is 141 Å². The van der Waals surface area contributed by atoms with E-state index in [2.05, 4.69) is 21.4 Å². The van der Waals surface area contributed by atoms with Gasteiger partial charge in [-0.1, -0.05) is 6.92 Å². The molecule has 24 heavy (non-hydrogen) atoms. The molecule has 0 aliphatic carbocycles. The number of fused-ring (bicyclic) bond motifs is 1. The van der Waals surface area contributed by atoms with E-state index in [0.29, 0.717) is 25.9 Å². The van der Waals surface area contributed by atoms with Gasteiger partial charge in [0.25, 0.3) is 0 Å². The van der Waals surface area contributed by atoms with Gasteiger partial charge in [-0.25, -0.2) is 4.98 Å². The first-order valence-corrected chi connectivity index (χ1v) is 8.28. The van der Waals surface area contributed by atoms with Gasteiger partial charge in [0.15, 0.2) is 0 Å².